The molecule has 0 atom stereocenters. The number of aromatic amines is 1. The molecule has 32 heavy (non-hydrogen) atoms. The van der Waals surface area contributed by atoms with Gasteiger partial charge in [-0.25, -0.2) is 4.98 Å². The summed E-state index contributed by atoms with van der Waals surface area (Å²) in [6, 6.07) is 20.5. The number of carbonyl (C=O) groups is 1. The van der Waals surface area contributed by atoms with Crippen LogP contribution in [0.25, 0.3) is 22.4 Å². The number of H-pyrrole nitrogens is 1. The van der Waals surface area contributed by atoms with Crippen LogP contribution in [0.2, 0.25) is 0 Å². The molecule has 1 aromatic heterocycles. The van der Waals surface area contributed by atoms with Crippen molar-refractivity contribution in [1.29, 1.82) is 0 Å². The molecule has 0 spiro atoms. The second-order valence-corrected chi connectivity index (χ2v) is 7.30. The van der Waals surface area contributed by atoms with E-state index >= 15 is 0 Å². The molecule has 7 nitrogen and oxygen atoms in total. The number of carbonyl (C=O) groups excluding carboxylic acids is 1. The van der Waals surface area contributed by atoms with Crippen molar-refractivity contribution in [2.45, 2.75) is 6.92 Å². The second-order valence-electron chi connectivity index (χ2n) is 6.89. The van der Waals surface area contributed by atoms with Crippen LogP contribution in [0.4, 0.5) is 5.69 Å². The highest BCUT2D eigenvalue weighted by Crippen LogP contribution is 2.28. The number of ether oxygens (including phenoxy) is 2. The van der Waals surface area contributed by atoms with Crippen molar-refractivity contribution < 1.29 is 14.3 Å². The molecule has 0 unspecified atom stereocenters. The average molecular weight is 447 g/mol. The van der Waals surface area contributed by atoms with Crippen LogP contribution in [0.5, 0.6) is 11.5 Å². The molecule has 0 radical (unpaired) electrons. The van der Waals surface area contributed by atoms with Gasteiger partial charge >= 0.3 is 0 Å². The summed E-state index contributed by atoms with van der Waals surface area (Å²) in [6.45, 7) is 2.39. The number of amides is 1. The molecule has 0 fully saturated rings. The minimum absolute atomic E-state index is 0.185. The summed E-state index contributed by atoms with van der Waals surface area (Å²) in [4.78, 5) is 20.5. The van der Waals surface area contributed by atoms with Gasteiger partial charge in [-0.1, -0.05) is 24.3 Å². The lowest BCUT2D eigenvalue weighted by Crippen LogP contribution is -2.34. The van der Waals surface area contributed by atoms with Crippen LogP contribution in [0.15, 0.2) is 66.7 Å². The van der Waals surface area contributed by atoms with Gasteiger partial charge in [0.2, 0.25) is 0 Å². The summed E-state index contributed by atoms with van der Waals surface area (Å²) in [5, 5.41) is 5.92. The van der Waals surface area contributed by atoms with Crippen molar-refractivity contribution >= 4 is 40.0 Å². The molecule has 3 N–H and O–H groups in total. The molecule has 3 aromatic carbocycles. The van der Waals surface area contributed by atoms with E-state index in [1.165, 1.54) is 7.11 Å². The van der Waals surface area contributed by atoms with E-state index in [4.69, 9.17) is 21.7 Å². The van der Waals surface area contributed by atoms with E-state index in [0.717, 1.165) is 28.1 Å². The highest BCUT2D eigenvalue weighted by molar-refractivity contribution is 7.80. The van der Waals surface area contributed by atoms with Crippen LogP contribution >= 0.6 is 12.2 Å². The molecular weight excluding hydrogens is 424 g/mol. The number of hydrogen-bond acceptors (Lipinski definition) is 5. The Labute approximate surface area is 190 Å². The third-order valence-electron chi connectivity index (χ3n) is 4.74. The largest absolute Gasteiger partial charge is 0.493 e. The third kappa shape index (κ3) is 4.70. The van der Waals surface area contributed by atoms with Gasteiger partial charge in [0, 0.05) is 16.8 Å². The number of nitrogens with one attached hydrogen (secondary N) is 3. The Morgan fingerprint density at radius 2 is 1.91 bits per heavy atom. The number of fused-ring (bicyclic) bond motifs is 1. The molecule has 1 amide bonds. The molecule has 1 heterocycles. The van der Waals surface area contributed by atoms with Gasteiger partial charge in [-0.15, -0.1) is 0 Å². The van der Waals surface area contributed by atoms with Gasteiger partial charge in [0.15, 0.2) is 16.6 Å². The van der Waals surface area contributed by atoms with Crippen LogP contribution in [0, 0.1) is 0 Å². The minimum Gasteiger partial charge on any atom is -0.493 e. The number of hydrogen-bond donors (Lipinski definition) is 3. The summed E-state index contributed by atoms with van der Waals surface area (Å²) in [6.07, 6.45) is 0. The van der Waals surface area contributed by atoms with Crippen molar-refractivity contribution in [1.82, 2.24) is 15.3 Å². The molecule has 0 aliphatic heterocycles. The second kappa shape index (κ2) is 9.49. The van der Waals surface area contributed by atoms with E-state index in [-0.39, 0.29) is 11.0 Å². The lowest BCUT2D eigenvalue weighted by atomic mass is 10.2. The number of benzene rings is 3. The summed E-state index contributed by atoms with van der Waals surface area (Å²) in [7, 11) is 1.53. The van der Waals surface area contributed by atoms with Gasteiger partial charge < -0.3 is 19.8 Å². The van der Waals surface area contributed by atoms with E-state index in [1.54, 1.807) is 18.2 Å². The van der Waals surface area contributed by atoms with Gasteiger partial charge in [0.05, 0.1) is 24.8 Å². The number of methoxy groups -OCH3 is 1. The maximum Gasteiger partial charge on any atom is 0.257 e. The first-order chi connectivity index (χ1) is 15.6. The van der Waals surface area contributed by atoms with Gasteiger partial charge in [0.1, 0.15) is 5.82 Å². The zero-order chi connectivity index (χ0) is 22.5. The topological polar surface area (TPSA) is 88.3 Å². The Morgan fingerprint density at radius 1 is 1.06 bits per heavy atom. The first-order valence-corrected chi connectivity index (χ1v) is 10.5. The van der Waals surface area contributed by atoms with Gasteiger partial charge in [-0.2, -0.15) is 0 Å². The van der Waals surface area contributed by atoms with E-state index in [2.05, 4.69) is 20.6 Å². The lowest BCUT2D eigenvalue weighted by molar-refractivity contribution is 0.0977. The van der Waals surface area contributed by atoms with Crippen LogP contribution in [-0.2, 0) is 0 Å². The third-order valence-corrected chi connectivity index (χ3v) is 4.94. The van der Waals surface area contributed by atoms with Crippen LogP contribution < -0.4 is 20.1 Å². The minimum atomic E-state index is -0.350. The number of para-hydroxylation sites is 2. The number of anilines is 1. The Bertz CT molecular complexity index is 1250. The predicted octanol–water partition coefficient (Wildman–Crippen LogP) is 4.76. The molecular formula is C24H22N4O3S. The number of nitrogens with zero attached hydrogens (tertiary/aromatic N) is 1. The van der Waals surface area contributed by atoms with Crippen LogP contribution in [0.1, 0.15) is 17.3 Å². The normalized spacial score (nSPS) is 10.6. The molecule has 0 saturated heterocycles. The molecule has 8 heteroatoms. The Balaban J connectivity index is 1.45. The number of aromatic nitrogens is 2. The van der Waals surface area contributed by atoms with Gasteiger partial charge in [0.25, 0.3) is 5.91 Å². The number of rotatable bonds is 6. The van der Waals surface area contributed by atoms with Gasteiger partial charge in [-0.05, 0) is 61.6 Å². The number of imidazole rings is 1. The van der Waals surface area contributed by atoms with Crippen molar-refractivity contribution in [3.05, 3.63) is 72.3 Å². The Morgan fingerprint density at radius 3 is 2.69 bits per heavy atom. The zero-order valence-corrected chi connectivity index (χ0v) is 18.5. The van der Waals surface area contributed by atoms with E-state index in [1.807, 2.05) is 55.5 Å². The van der Waals surface area contributed by atoms with E-state index in [0.29, 0.717) is 23.7 Å². The van der Waals surface area contributed by atoms with Crippen molar-refractivity contribution in [3.63, 3.8) is 0 Å². The maximum atomic E-state index is 12.6. The van der Waals surface area contributed by atoms with Crippen molar-refractivity contribution in [2.75, 3.05) is 19.0 Å². The lowest BCUT2D eigenvalue weighted by Gasteiger charge is -2.12. The molecule has 0 aliphatic carbocycles. The van der Waals surface area contributed by atoms with Gasteiger partial charge in [-0.3, -0.25) is 10.1 Å². The average Bonchev–Trinajstić information content (AvgIpc) is 3.24. The standard InChI is InChI=1S/C24H22N4O3S/c1-3-31-20-12-11-16(14-21(20)30-2)23(29)28-24(32)25-17-8-6-7-15(13-17)22-26-18-9-4-5-10-19(18)27-22/h4-14H,3H2,1-2H3,(H,26,27)(H2,25,28,29,32). The fourth-order valence-electron chi connectivity index (χ4n) is 3.25. The van der Waals surface area contributed by atoms with Crippen molar-refractivity contribution in [3.8, 4) is 22.9 Å². The first kappa shape index (κ1) is 21.3. The Kier molecular flexibility index (Phi) is 6.32. The highest BCUT2D eigenvalue weighted by Gasteiger charge is 2.13. The maximum absolute atomic E-state index is 12.6. The smallest absolute Gasteiger partial charge is 0.257 e. The quantitative estimate of drug-likeness (QED) is 0.370. The number of thiocarbonyl (C=S) groups is 1. The molecule has 0 bridgehead atoms. The SMILES string of the molecule is CCOc1ccc(C(=O)NC(=S)Nc2cccc(-c3nc4ccccc4[nH]3)c2)cc1OC. The molecule has 0 aliphatic rings. The summed E-state index contributed by atoms with van der Waals surface area (Å²) in [5.41, 5.74) is 3.91. The van der Waals surface area contributed by atoms with Crippen LogP contribution in [-0.4, -0.2) is 34.7 Å². The van der Waals surface area contributed by atoms with Crippen LogP contribution in [0.3, 0.4) is 0 Å². The molecule has 4 rings (SSSR count). The molecule has 162 valence electrons. The fraction of sp³-hybridized carbons (Fsp3) is 0.125. The highest BCUT2D eigenvalue weighted by atomic mass is 32.1. The fourth-order valence-corrected chi connectivity index (χ4v) is 3.47. The zero-order valence-electron chi connectivity index (χ0n) is 17.6. The summed E-state index contributed by atoms with van der Waals surface area (Å²) >= 11 is 5.33. The molecule has 0 saturated carbocycles. The molecule has 4 aromatic rings. The summed E-state index contributed by atoms with van der Waals surface area (Å²) < 4.78 is 10.8. The first-order valence-electron chi connectivity index (χ1n) is 10.1. The summed E-state index contributed by atoms with van der Waals surface area (Å²) in [5.74, 6) is 1.47. The monoisotopic (exact) mass is 446 g/mol. The Hall–Kier alpha value is -3.91. The predicted molar refractivity (Wildman–Crippen MR) is 129 cm³/mol. The van der Waals surface area contributed by atoms with E-state index < -0.39 is 0 Å². The van der Waals surface area contributed by atoms with E-state index in [9.17, 15) is 4.79 Å². The van der Waals surface area contributed by atoms with Crippen molar-refractivity contribution in [2.24, 2.45) is 0 Å².